The number of benzene rings is 1. The second-order valence-electron chi connectivity index (χ2n) is 5.43. The first-order valence-corrected chi connectivity index (χ1v) is 9.22. The van der Waals surface area contributed by atoms with Crippen LogP contribution in [-0.4, -0.2) is 29.9 Å². The van der Waals surface area contributed by atoms with Crippen LogP contribution in [0, 0.1) is 0 Å². The molecule has 0 spiro atoms. The highest BCUT2D eigenvalue weighted by Gasteiger charge is 2.21. The van der Waals surface area contributed by atoms with Gasteiger partial charge in [-0.05, 0) is 47.2 Å². The molecule has 0 aliphatic carbocycles. The Morgan fingerprint density at radius 2 is 2.21 bits per heavy atom. The number of hydrogen-bond donors (Lipinski definition) is 0. The summed E-state index contributed by atoms with van der Waals surface area (Å²) >= 11 is 5.10. The van der Waals surface area contributed by atoms with Crippen molar-refractivity contribution >= 4 is 45.2 Å². The topological polar surface area (TPSA) is 46.6 Å². The summed E-state index contributed by atoms with van der Waals surface area (Å²) in [5, 5.41) is 2.05. The van der Waals surface area contributed by atoms with E-state index in [9.17, 15) is 9.59 Å². The number of fused-ring (bicyclic) bond motifs is 1. The molecule has 0 fully saturated rings. The van der Waals surface area contributed by atoms with Crippen molar-refractivity contribution in [2.75, 3.05) is 13.2 Å². The third-order valence-corrected chi connectivity index (χ3v) is 5.28. The number of carbonyl (C=O) groups excluding carboxylic acids is 2. The molecule has 0 atom stereocenters. The molecule has 1 amide bonds. The molecule has 0 bridgehead atoms. The van der Waals surface area contributed by atoms with E-state index in [1.165, 1.54) is 16.5 Å². The zero-order valence-electron chi connectivity index (χ0n) is 12.9. The number of carbonyl (C=O) groups is 2. The van der Waals surface area contributed by atoms with E-state index in [2.05, 4.69) is 15.9 Å². The highest BCUT2D eigenvalue weighted by Crippen LogP contribution is 2.23. The number of ether oxygens (including phenoxy) is 1. The van der Waals surface area contributed by atoms with E-state index < -0.39 is 5.97 Å². The van der Waals surface area contributed by atoms with Crippen molar-refractivity contribution in [3.63, 3.8) is 0 Å². The molecular weight excluding hydrogens is 390 g/mol. The summed E-state index contributed by atoms with van der Waals surface area (Å²) in [6.07, 6.45) is 3.87. The molecule has 1 aliphatic rings. The Bertz CT molecular complexity index is 784. The van der Waals surface area contributed by atoms with Crippen LogP contribution in [0.3, 0.4) is 0 Å². The van der Waals surface area contributed by atoms with Crippen molar-refractivity contribution in [3.8, 4) is 0 Å². The lowest BCUT2D eigenvalue weighted by Crippen LogP contribution is -2.38. The standard InChI is InChI=1S/C18H16BrNO3S/c19-15-3-1-2-13(10-15)4-5-18(22)23-12-17(21)20-8-6-16-14(11-20)7-9-24-16/h1-5,7,9-10H,6,8,11-12H2/b5-4+. The number of halogens is 1. The largest absolute Gasteiger partial charge is 0.452 e. The Morgan fingerprint density at radius 3 is 3.04 bits per heavy atom. The highest BCUT2D eigenvalue weighted by atomic mass is 79.9. The molecule has 3 rings (SSSR count). The molecule has 124 valence electrons. The van der Waals surface area contributed by atoms with Crippen LogP contribution >= 0.6 is 27.3 Å². The van der Waals surface area contributed by atoms with Crippen LogP contribution in [0.15, 0.2) is 46.3 Å². The quantitative estimate of drug-likeness (QED) is 0.575. The van der Waals surface area contributed by atoms with Crippen LogP contribution in [0.5, 0.6) is 0 Å². The number of amides is 1. The molecule has 4 nitrogen and oxygen atoms in total. The highest BCUT2D eigenvalue weighted by molar-refractivity contribution is 9.10. The zero-order valence-corrected chi connectivity index (χ0v) is 15.3. The van der Waals surface area contributed by atoms with Crippen molar-refractivity contribution in [3.05, 3.63) is 62.3 Å². The molecule has 2 heterocycles. The monoisotopic (exact) mass is 405 g/mol. The number of nitrogens with zero attached hydrogens (tertiary/aromatic N) is 1. The summed E-state index contributed by atoms with van der Waals surface area (Å²) in [5.41, 5.74) is 2.08. The van der Waals surface area contributed by atoms with E-state index in [1.807, 2.05) is 35.7 Å². The van der Waals surface area contributed by atoms with E-state index >= 15 is 0 Å². The van der Waals surface area contributed by atoms with Gasteiger partial charge < -0.3 is 9.64 Å². The third-order valence-electron chi connectivity index (χ3n) is 3.76. The Hall–Kier alpha value is -1.92. The van der Waals surface area contributed by atoms with Gasteiger partial charge in [-0.25, -0.2) is 4.79 Å². The normalized spacial score (nSPS) is 13.8. The minimum Gasteiger partial charge on any atom is -0.452 e. The average Bonchev–Trinajstić information content (AvgIpc) is 3.05. The van der Waals surface area contributed by atoms with Crippen LogP contribution in [-0.2, 0) is 27.3 Å². The molecule has 1 aromatic heterocycles. The van der Waals surface area contributed by atoms with Gasteiger partial charge in [0.15, 0.2) is 6.61 Å². The third kappa shape index (κ3) is 4.33. The van der Waals surface area contributed by atoms with E-state index in [0.29, 0.717) is 13.1 Å². The fourth-order valence-corrected chi connectivity index (χ4v) is 3.81. The maximum absolute atomic E-state index is 12.2. The second-order valence-corrected chi connectivity index (χ2v) is 7.35. The average molecular weight is 406 g/mol. The van der Waals surface area contributed by atoms with E-state index in [1.54, 1.807) is 22.3 Å². The van der Waals surface area contributed by atoms with Gasteiger partial charge in [0.25, 0.3) is 5.91 Å². The summed E-state index contributed by atoms with van der Waals surface area (Å²) in [5.74, 6) is -0.674. The van der Waals surface area contributed by atoms with Crippen molar-refractivity contribution < 1.29 is 14.3 Å². The summed E-state index contributed by atoms with van der Waals surface area (Å²) in [6, 6.07) is 9.61. The number of rotatable bonds is 4. The number of esters is 1. The van der Waals surface area contributed by atoms with E-state index in [4.69, 9.17) is 4.74 Å². The van der Waals surface area contributed by atoms with Crippen molar-refractivity contribution in [2.24, 2.45) is 0 Å². The lowest BCUT2D eigenvalue weighted by Gasteiger charge is -2.26. The molecule has 0 unspecified atom stereocenters. The van der Waals surface area contributed by atoms with Gasteiger partial charge in [0, 0.05) is 28.5 Å². The summed E-state index contributed by atoms with van der Waals surface area (Å²) in [7, 11) is 0. The summed E-state index contributed by atoms with van der Waals surface area (Å²) in [4.78, 5) is 27.0. The number of hydrogen-bond acceptors (Lipinski definition) is 4. The SMILES string of the molecule is O=C(/C=C/c1cccc(Br)c1)OCC(=O)N1CCc2sccc2C1. The Labute approximate surface area is 152 Å². The minimum atomic E-state index is -0.517. The van der Waals surface area contributed by atoms with Crippen LogP contribution in [0.25, 0.3) is 6.08 Å². The van der Waals surface area contributed by atoms with Gasteiger partial charge in [0.1, 0.15) is 0 Å². The zero-order chi connectivity index (χ0) is 16.9. The van der Waals surface area contributed by atoms with Gasteiger partial charge in [-0.3, -0.25) is 4.79 Å². The van der Waals surface area contributed by atoms with E-state index in [-0.39, 0.29) is 12.5 Å². The first-order valence-electron chi connectivity index (χ1n) is 7.55. The van der Waals surface area contributed by atoms with Crippen LogP contribution in [0.2, 0.25) is 0 Å². The predicted molar refractivity (Wildman–Crippen MR) is 97.6 cm³/mol. The Balaban J connectivity index is 1.48. The number of thiophene rings is 1. The Morgan fingerprint density at radius 1 is 1.33 bits per heavy atom. The minimum absolute atomic E-state index is 0.156. The van der Waals surface area contributed by atoms with Crippen molar-refractivity contribution in [2.45, 2.75) is 13.0 Å². The maximum Gasteiger partial charge on any atom is 0.331 e. The lowest BCUT2D eigenvalue weighted by atomic mass is 10.1. The lowest BCUT2D eigenvalue weighted by molar-refractivity contribution is -0.148. The predicted octanol–water partition coefficient (Wildman–Crippen LogP) is 3.65. The van der Waals surface area contributed by atoms with Crippen molar-refractivity contribution in [1.82, 2.24) is 4.90 Å². The molecule has 24 heavy (non-hydrogen) atoms. The first-order chi connectivity index (χ1) is 11.6. The van der Waals surface area contributed by atoms with Gasteiger partial charge >= 0.3 is 5.97 Å². The molecular formula is C18H16BrNO3S. The smallest absolute Gasteiger partial charge is 0.331 e. The first kappa shape index (κ1) is 16.9. The molecule has 0 N–H and O–H groups in total. The summed E-state index contributed by atoms with van der Waals surface area (Å²) in [6.45, 7) is 1.06. The van der Waals surface area contributed by atoms with Gasteiger partial charge in [-0.1, -0.05) is 28.1 Å². The molecule has 1 aromatic carbocycles. The molecule has 2 aromatic rings. The molecule has 0 radical (unpaired) electrons. The van der Waals surface area contributed by atoms with E-state index in [0.717, 1.165) is 16.5 Å². The van der Waals surface area contributed by atoms with Crippen LogP contribution in [0.4, 0.5) is 0 Å². The van der Waals surface area contributed by atoms with Gasteiger partial charge in [0.05, 0.1) is 0 Å². The second kappa shape index (κ2) is 7.77. The molecule has 1 aliphatic heterocycles. The molecule has 6 heteroatoms. The fourth-order valence-electron chi connectivity index (χ4n) is 2.51. The molecule has 0 saturated carbocycles. The van der Waals surface area contributed by atoms with Gasteiger partial charge in [-0.15, -0.1) is 11.3 Å². The summed E-state index contributed by atoms with van der Waals surface area (Å²) < 4.78 is 5.99. The maximum atomic E-state index is 12.2. The van der Waals surface area contributed by atoms with Gasteiger partial charge in [-0.2, -0.15) is 0 Å². The van der Waals surface area contributed by atoms with Crippen LogP contribution in [0.1, 0.15) is 16.0 Å². The molecule has 0 saturated heterocycles. The van der Waals surface area contributed by atoms with Crippen molar-refractivity contribution in [1.29, 1.82) is 0 Å². The Kier molecular flexibility index (Phi) is 5.48. The van der Waals surface area contributed by atoms with Crippen LogP contribution < -0.4 is 0 Å². The van der Waals surface area contributed by atoms with Gasteiger partial charge in [0.2, 0.25) is 0 Å². The fraction of sp³-hybridized carbons (Fsp3) is 0.222.